The van der Waals surface area contributed by atoms with E-state index in [-0.39, 0.29) is 30.4 Å². The van der Waals surface area contributed by atoms with Gasteiger partial charge in [0.05, 0.1) is 29.9 Å². The maximum atomic E-state index is 13.0. The van der Waals surface area contributed by atoms with Gasteiger partial charge in [-0.15, -0.1) is 5.10 Å². The third-order valence-corrected chi connectivity index (χ3v) is 8.50. The van der Waals surface area contributed by atoms with Gasteiger partial charge in [-0.1, -0.05) is 41.6 Å². The zero-order chi connectivity index (χ0) is 31.2. The molecule has 0 aliphatic carbocycles. The first kappa shape index (κ1) is 29.5. The van der Waals surface area contributed by atoms with E-state index < -0.39 is 10.0 Å². The Morgan fingerprint density at radius 2 is 1.80 bits per heavy atom. The van der Waals surface area contributed by atoms with Gasteiger partial charge < -0.3 is 10.6 Å². The third kappa shape index (κ3) is 7.17. The van der Waals surface area contributed by atoms with Crippen LogP contribution in [0.15, 0.2) is 109 Å². The molecule has 0 aliphatic rings. The average Bonchev–Trinajstić information content (AvgIpc) is 3.52. The summed E-state index contributed by atoms with van der Waals surface area (Å²) in [5.74, 6) is 0.106. The van der Waals surface area contributed by atoms with Gasteiger partial charge in [-0.25, -0.2) is 23.1 Å². The lowest BCUT2D eigenvalue weighted by Crippen LogP contribution is -2.27. The summed E-state index contributed by atoms with van der Waals surface area (Å²) in [7, 11) is -3.69. The van der Waals surface area contributed by atoms with E-state index in [0.29, 0.717) is 22.9 Å². The van der Waals surface area contributed by atoms with E-state index in [1.165, 1.54) is 4.68 Å². The van der Waals surface area contributed by atoms with Crippen LogP contribution >= 0.6 is 0 Å². The molecule has 13 heteroatoms. The first-order valence-corrected chi connectivity index (χ1v) is 15.6. The van der Waals surface area contributed by atoms with Crippen molar-refractivity contribution < 1.29 is 13.2 Å². The molecule has 3 aromatic carbocycles. The number of hydrogen-bond acceptors (Lipinski definition) is 9. The van der Waals surface area contributed by atoms with Gasteiger partial charge in [0.1, 0.15) is 5.69 Å². The van der Waals surface area contributed by atoms with Crippen molar-refractivity contribution in [1.82, 2.24) is 40.0 Å². The molecule has 0 saturated heterocycles. The van der Waals surface area contributed by atoms with E-state index in [1.54, 1.807) is 61.2 Å². The summed E-state index contributed by atoms with van der Waals surface area (Å²) in [5, 5.41) is 16.0. The molecule has 6 rings (SSSR count). The molecule has 3 aromatic heterocycles. The lowest BCUT2D eigenvalue weighted by molar-refractivity contribution is 0.0950. The van der Waals surface area contributed by atoms with Crippen LogP contribution in [0.2, 0.25) is 0 Å². The molecule has 6 aromatic rings. The molecule has 1 amide bonds. The number of aromatic nitrogens is 6. The van der Waals surface area contributed by atoms with Crippen molar-refractivity contribution in [1.29, 1.82) is 0 Å². The maximum Gasteiger partial charge on any atom is 0.251 e. The third-order valence-electron chi connectivity index (χ3n) is 7.04. The van der Waals surface area contributed by atoms with Gasteiger partial charge in [0.25, 0.3) is 5.91 Å². The number of rotatable bonds is 11. The van der Waals surface area contributed by atoms with E-state index in [9.17, 15) is 13.2 Å². The summed E-state index contributed by atoms with van der Waals surface area (Å²) < 4.78 is 29.7. The highest BCUT2D eigenvalue weighted by atomic mass is 32.2. The summed E-state index contributed by atoms with van der Waals surface area (Å²) in [6, 6.07) is 23.5. The number of benzene rings is 3. The Kier molecular flexibility index (Phi) is 8.53. The number of nitrogens with one attached hydrogen (secondary N) is 3. The summed E-state index contributed by atoms with van der Waals surface area (Å²) in [5.41, 5.74) is 4.19. The molecule has 0 saturated carbocycles. The van der Waals surface area contributed by atoms with Gasteiger partial charge in [0.2, 0.25) is 16.0 Å². The van der Waals surface area contributed by atoms with Gasteiger partial charge in [-0.3, -0.25) is 14.5 Å². The van der Waals surface area contributed by atoms with Crippen molar-refractivity contribution in [2.45, 2.75) is 24.9 Å². The molecule has 45 heavy (non-hydrogen) atoms. The van der Waals surface area contributed by atoms with Crippen LogP contribution in [0.25, 0.3) is 22.0 Å². The van der Waals surface area contributed by atoms with E-state index in [2.05, 4.69) is 40.6 Å². The number of carbonyl (C=O) groups excluding carboxylic acids is 1. The van der Waals surface area contributed by atoms with Crippen LogP contribution in [-0.4, -0.2) is 50.8 Å². The second kappa shape index (κ2) is 13.0. The Hall–Kier alpha value is -5.53. The number of aryl methyl sites for hydroxylation is 1. The zero-order valence-electron chi connectivity index (χ0n) is 24.3. The molecule has 0 radical (unpaired) electrons. The monoisotopic (exact) mass is 619 g/mol. The number of fused-ring (bicyclic) bond motifs is 1. The highest BCUT2D eigenvalue weighted by Gasteiger charge is 2.15. The van der Waals surface area contributed by atoms with Crippen molar-refractivity contribution in [3.63, 3.8) is 0 Å². The summed E-state index contributed by atoms with van der Waals surface area (Å²) >= 11 is 0. The molecule has 0 unspecified atom stereocenters. The van der Waals surface area contributed by atoms with Gasteiger partial charge in [0, 0.05) is 41.9 Å². The molecule has 3 heterocycles. The number of anilines is 2. The van der Waals surface area contributed by atoms with E-state index in [4.69, 9.17) is 0 Å². The van der Waals surface area contributed by atoms with Crippen LogP contribution in [0.5, 0.6) is 0 Å². The number of nitrogens with zero attached hydrogens (tertiary/aromatic N) is 6. The van der Waals surface area contributed by atoms with Crippen LogP contribution in [0.1, 0.15) is 21.6 Å². The van der Waals surface area contributed by atoms with Crippen LogP contribution in [0.3, 0.4) is 0 Å². The van der Waals surface area contributed by atoms with Crippen molar-refractivity contribution >= 4 is 38.3 Å². The highest BCUT2D eigenvalue weighted by Crippen LogP contribution is 2.23. The van der Waals surface area contributed by atoms with Gasteiger partial charge in [0.15, 0.2) is 0 Å². The SMILES string of the molecule is Cc1ccc(C(=O)NCc2cn(CCNS(=O)(=O)c3ccc4ccccc4c3)nn2)cc1Nc1nccc(-c2cccnc2)n1. The second-order valence-electron chi connectivity index (χ2n) is 10.2. The summed E-state index contributed by atoms with van der Waals surface area (Å²) in [6.07, 6.45) is 6.76. The lowest BCUT2D eigenvalue weighted by atomic mass is 10.1. The number of sulfonamides is 1. The van der Waals surface area contributed by atoms with Crippen LogP contribution in [0.4, 0.5) is 11.6 Å². The molecule has 0 atom stereocenters. The number of hydrogen-bond donors (Lipinski definition) is 3. The van der Waals surface area contributed by atoms with E-state index >= 15 is 0 Å². The van der Waals surface area contributed by atoms with Crippen LogP contribution < -0.4 is 15.4 Å². The van der Waals surface area contributed by atoms with Crippen molar-refractivity contribution in [2.75, 3.05) is 11.9 Å². The molecule has 0 aliphatic heterocycles. The Labute approximate surface area is 259 Å². The molecule has 226 valence electrons. The molecule has 0 spiro atoms. The lowest BCUT2D eigenvalue weighted by Gasteiger charge is -2.11. The standard InChI is InChI=1S/C32H29N9O3S/c1-22-8-9-25(18-30(22)38-32-34-14-12-29(37-32)26-7-4-13-33-19-26)31(42)35-20-27-21-41(40-39-27)16-15-36-45(43,44)28-11-10-23-5-2-3-6-24(23)17-28/h2-14,17-19,21,36H,15-16,20H2,1H3,(H,35,42)(H,34,37,38). The first-order valence-electron chi connectivity index (χ1n) is 14.1. The number of pyridine rings is 1. The number of carbonyl (C=O) groups is 1. The van der Waals surface area contributed by atoms with Gasteiger partial charge in [-0.2, -0.15) is 0 Å². The minimum Gasteiger partial charge on any atom is -0.346 e. The Balaban J connectivity index is 1.03. The van der Waals surface area contributed by atoms with Crippen molar-refractivity contribution in [2.24, 2.45) is 0 Å². The van der Waals surface area contributed by atoms with E-state index in [0.717, 1.165) is 27.6 Å². The smallest absolute Gasteiger partial charge is 0.251 e. The fourth-order valence-electron chi connectivity index (χ4n) is 4.63. The van der Waals surface area contributed by atoms with Crippen LogP contribution in [-0.2, 0) is 23.1 Å². The normalized spacial score (nSPS) is 11.4. The highest BCUT2D eigenvalue weighted by molar-refractivity contribution is 7.89. The van der Waals surface area contributed by atoms with Gasteiger partial charge >= 0.3 is 0 Å². The molecule has 0 fully saturated rings. The number of amides is 1. The van der Waals surface area contributed by atoms with E-state index in [1.807, 2.05) is 49.4 Å². The average molecular weight is 620 g/mol. The molecular formula is C32H29N9O3S. The fourth-order valence-corrected chi connectivity index (χ4v) is 5.68. The minimum absolute atomic E-state index is 0.123. The quantitative estimate of drug-likeness (QED) is 0.193. The molecular weight excluding hydrogens is 590 g/mol. The zero-order valence-corrected chi connectivity index (χ0v) is 25.1. The van der Waals surface area contributed by atoms with Crippen molar-refractivity contribution in [3.8, 4) is 11.3 Å². The van der Waals surface area contributed by atoms with Crippen LogP contribution in [0, 0.1) is 6.92 Å². The topological polar surface area (TPSA) is 157 Å². The second-order valence-corrected chi connectivity index (χ2v) is 12.0. The Morgan fingerprint density at radius 1 is 0.933 bits per heavy atom. The van der Waals surface area contributed by atoms with Gasteiger partial charge in [-0.05, 0) is 65.7 Å². The molecule has 0 bridgehead atoms. The largest absolute Gasteiger partial charge is 0.346 e. The fraction of sp³-hybridized carbons (Fsp3) is 0.125. The summed E-state index contributed by atoms with van der Waals surface area (Å²) in [4.78, 5) is 26.2. The molecule has 12 nitrogen and oxygen atoms in total. The Morgan fingerprint density at radius 3 is 2.64 bits per heavy atom. The Bertz CT molecular complexity index is 2080. The van der Waals surface area contributed by atoms with Crippen molar-refractivity contribution in [3.05, 3.63) is 120 Å². The molecule has 3 N–H and O–H groups in total. The predicted octanol–water partition coefficient (Wildman–Crippen LogP) is 4.24. The summed E-state index contributed by atoms with van der Waals surface area (Å²) in [6.45, 7) is 2.47. The minimum atomic E-state index is -3.69. The first-order chi connectivity index (χ1) is 21.8. The maximum absolute atomic E-state index is 13.0. The predicted molar refractivity (Wildman–Crippen MR) is 170 cm³/mol.